The van der Waals surface area contributed by atoms with E-state index >= 15 is 0 Å². The number of benzene rings is 1. The molecule has 0 unspecified atom stereocenters. The lowest BCUT2D eigenvalue weighted by Crippen LogP contribution is -2.34. The minimum Gasteiger partial charge on any atom is -0.497 e. The first-order valence-corrected chi connectivity index (χ1v) is 7.58. The molecule has 0 heterocycles. The Hall–Kier alpha value is -1.18. The number of methoxy groups -OCH3 is 1. The van der Waals surface area contributed by atoms with Crippen LogP contribution in [0.2, 0.25) is 0 Å². The Balaban J connectivity index is 0.00000242. The highest BCUT2D eigenvalue weighted by Gasteiger charge is 2.16. The first kappa shape index (κ1) is 18.9. The summed E-state index contributed by atoms with van der Waals surface area (Å²) in [6.07, 6.45) is 4.81. The number of nitrogens with one attached hydrogen (secondary N) is 1. The average molecular weight is 419 g/mol. The van der Waals surface area contributed by atoms with E-state index < -0.39 is 0 Å². The molecule has 3 N–H and O–H groups in total. The predicted octanol–water partition coefficient (Wildman–Crippen LogP) is 2.79. The van der Waals surface area contributed by atoms with Gasteiger partial charge >= 0.3 is 0 Å². The first-order valence-electron chi connectivity index (χ1n) is 7.58. The van der Waals surface area contributed by atoms with Crippen molar-refractivity contribution in [2.24, 2.45) is 16.6 Å². The van der Waals surface area contributed by atoms with Crippen LogP contribution >= 0.6 is 24.0 Å². The van der Waals surface area contributed by atoms with E-state index in [-0.39, 0.29) is 24.0 Å². The van der Waals surface area contributed by atoms with Crippen molar-refractivity contribution in [3.05, 3.63) is 24.3 Å². The molecule has 1 aromatic carbocycles. The van der Waals surface area contributed by atoms with Crippen molar-refractivity contribution >= 4 is 29.9 Å². The summed E-state index contributed by atoms with van der Waals surface area (Å²) in [4.78, 5) is 4.35. The number of halogens is 1. The highest BCUT2D eigenvalue weighted by atomic mass is 127. The maximum atomic E-state index is 5.81. The highest BCUT2D eigenvalue weighted by molar-refractivity contribution is 14.0. The molecule has 22 heavy (non-hydrogen) atoms. The topological polar surface area (TPSA) is 68.9 Å². The minimum absolute atomic E-state index is 0. The van der Waals surface area contributed by atoms with E-state index in [1.165, 1.54) is 19.3 Å². The van der Waals surface area contributed by atoms with Crippen molar-refractivity contribution in [2.75, 3.05) is 26.8 Å². The van der Waals surface area contributed by atoms with E-state index in [4.69, 9.17) is 15.2 Å². The number of rotatable bonds is 8. The zero-order valence-electron chi connectivity index (χ0n) is 13.1. The maximum Gasteiger partial charge on any atom is 0.188 e. The van der Waals surface area contributed by atoms with E-state index in [0.717, 1.165) is 36.9 Å². The number of ether oxygens (including phenoxy) is 2. The average Bonchev–Trinajstić information content (AvgIpc) is 2.45. The van der Waals surface area contributed by atoms with Crippen LogP contribution in [0.4, 0.5) is 0 Å². The van der Waals surface area contributed by atoms with Crippen LogP contribution in [0.3, 0.4) is 0 Å². The Kier molecular flexibility index (Phi) is 9.03. The second-order valence-corrected chi connectivity index (χ2v) is 5.33. The minimum atomic E-state index is 0. The summed E-state index contributed by atoms with van der Waals surface area (Å²) >= 11 is 0. The Morgan fingerprint density at radius 1 is 1.36 bits per heavy atom. The summed E-state index contributed by atoms with van der Waals surface area (Å²) in [5, 5.41) is 3.12. The number of hydrogen-bond acceptors (Lipinski definition) is 3. The number of aliphatic imine (C=N–C) groups is 1. The monoisotopic (exact) mass is 419 g/mol. The number of hydrogen-bond donors (Lipinski definition) is 2. The molecule has 1 aliphatic rings. The third kappa shape index (κ3) is 6.72. The molecule has 0 aromatic heterocycles. The Morgan fingerprint density at radius 2 is 2.14 bits per heavy atom. The van der Waals surface area contributed by atoms with Crippen LogP contribution in [-0.4, -0.2) is 32.8 Å². The molecule has 0 bridgehead atoms. The quantitative estimate of drug-likeness (QED) is 0.294. The van der Waals surface area contributed by atoms with Crippen molar-refractivity contribution in [1.82, 2.24) is 5.32 Å². The Bertz CT molecular complexity index is 464. The Labute approximate surface area is 149 Å². The number of nitrogens with zero attached hydrogens (tertiary/aromatic N) is 1. The molecular weight excluding hydrogens is 393 g/mol. The molecule has 5 nitrogen and oxygen atoms in total. The van der Waals surface area contributed by atoms with E-state index in [0.29, 0.717) is 12.6 Å². The summed E-state index contributed by atoms with van der Waals surface area (Å²) in [7, 11) is 1.65. The molecule has 0 saturated heterocycles. The molecule has 1 aliphatic carbocycles. The number of nitrogens with two attached hydrogens (primary N) is 1. The van der Waals surface area contributed by atoms with Gasteiger partial charge in [0.1, 0.15) is 11.5 Å². The van der Waals surface area contributed by atoms with Gasteiger partial charge in [-0.1, -0.05) is 12.5 Å². The van der Waals surface area contributed by atoms with Gasteiger partial charge in [-0.15, -0.1) is 24.0 Å². The van der Waals surface area contributed by atoms with Crippen molar-refractivity contribution in [1.29, 1.82) is 0 Å². The SMILES string of the molecule is COc1cccc(OCCCNC(N)=NCC2CCC2)c1.I. The van der Waals surface area contributed by atoms with Crippen LogP contribution in [-0.2, 0) is 0 Å². The fourth-order valence-corrected chi connectivity index (χ4v) is 2.13. The lowest BCUT2D eigenvalue weighted by molar-refractivity contribution is 0.308. The molecule has 6 heteroatoms. The third-order valence-corrected chi connectivity index (χ3v) is 3.68. The van der Waals surface area contributed by atoms with Crippen LogP contribution in [0.1, 0.15) is 25.7 Å². The molecule has 0 radical (unpaired) electrons. The molecule has 1 fully saturated rings. The van der Waals surface area contributed by atoms with Gasteiger partial charge in [0.15, 0.2) is 5.96 Å². The van der Waals surface area contributed by atoms with Gasteiger partial charge in [-0.2, -0.15) is 0 Å². The van der Waals surface area contributed by atoms with Crippen LogP contribution < -0.4 is 20.5 Å². The first-order chi connectivity index (χ1) is 10.3. The zero-order valence-corrected chi connectivity index (χ0v) is 15.4. The van der Waals surface area contributed by atoms with Crippen molar-refractivity contribution in [3.8, 4) is 11.5 Å². The molecule has 0 atom stereocenters. The molecule has 1 aromatic rings. The number of guanidine groups is 1. The predicted molar refractivity (Wildman–Crippen MR) is 100 cm³/mol. The second-order valence-electron chi connectivity index (χ2n) is 5.33. The fourth-order valence-electron chi connectivity index (χ4n) is 2.13. The third-order valence-electron chi connectivity index (χ3n) is 3.68. The Morgan fingerprint density at radius 3 is 2.82 bits per heavy atom. The largest absolute Gasteiger partial charge is 0.497 e. The van der Waals surface area contributed by atoms with Crippen LogP contribution in [0.5, 0.6) is 11.5 Å². The van der Waals surface area contributed by atoms with Crippen LogP contribution in [0.15, 0.2) is 29.3 Å². The van der Waals surface area contributed by atoms with Crippen molar-refractivity contribution in [3.63, 3.8) is 0 Å². The van der Waals surface area contributed by atoms with Gasteiger partial charge in [-0.25, -0.2) is 0 Å². The lowest BCUT2D eigenvalue weighted by atomic mass is 9.86. The van der Waals surface area contributed by atoms with Crippen molar-refractivity contribution in [2.45, 2.75) is 25.7 Å². The fraction of sp³-hybridized carbons (Fsp3) is 0.562. The molecule has 124 valence electrons. The van der Waals surface area contributed by atoms with E-state index in [1.54, 1.807) is 7.11 Å². The molecule has 2 rings (SSSR count). The summed E-state index contributed by atoms with van der Waals surface area (Å²) in [5.74, 6) is 2.92. The van der Waals surface area contributed by atoms with Crippen molar-refractivity contribution < 1.29 is 9.47 Å². The van der Waals surface area contributed by atoms with E-state index in [9.17, 15) is 0 Å². The van der Waals surface area contributed by atoms with Gasteiger partial charge in [0.05, 0.1) is 13.7 Å². The van der Waals surface area contributed by atoms with E-state index in [1.807, 2.05) is 24.3 Å². The highest BCUT2D eigenvalue weighted by Crippen LogP contribution is 2.26. The smallest absolute Gasteiger partial charge is 0.188 e. The van der Waals surface area contributed by atoms with Crippen LogP contribution in [0.25, 0.3) is 0 Å². The summed E-state index contributed by atoms with van der Waals surface area (Å²) in [6, 6.07) is 7.61. The van der Waals surface area contributed by atoms with E-state index in [2.05, 4.69) is 10.3 Å². The van der Waals surface area contributed by atoms with Gasteiger partial charge in [0, 0.05) is 19.2 Å². The summed E-state index contributed by atoms with van der Waals surface area (Å²) in [6.45, 7) is 2.26. The maximum absolute atomic E-state index is 5.81. The molecule has 0 amide bonds. The van der Waals surface area contributed by atoms with Gasteiger partial charge in [-0.05, 0) is 37.3 Å². The standard InChI is InChI=1S/C16H25N3O2.HI/c1-20-14-7-3-8-15(11-14)21-10-4-9-18-16(17)19-12-13-5-2-6-13;/h3,7-8,11,13H,2,4-6,9-10,12H2,1H3,(H3,17,18,19);1H. The second kappa shape index (κ2) is 10.5. The summed E-state index contributed by atoms with van der Waals surface area (Å²) < 4.78 is 10.8. The van der Waals surface area contributed by atoms with Gasteiger partial charge in [0.2, 0.25) is 0 Å². The van der Waals surface area contributed by atoms with Gasteiger partial charge in [-0.3, -0.25) is 4.99 Å². The van der Waals surface area contributed by atoms with Gasteiger partial charge < -0.3 is 20.5 Å². The lowest BCUT2D eigenvalue weighted by Gasteiger charge is -2.23. The zero-order chi connectivity index (χ0) is 14.9. The molecule has 1 saturated carbocycles. The summed E-state index contributed by atoms with van der Waals surface area (Å²) in [5.41, 5.74) is 5.81. The molecule has 0 spiro atoms. The van der Waals surface area contributed by atoms with Crippen LogP contribution in [0, 0.1) is 5.92 Å². The van der Waals surface area contributed by atoms with Gasteiger partial charge in [0.25, 0.3) is 0 Å². The molecular formula is C16H26IN3O2. The molecule has 0 aliphatic heterocycles. The normalized spacial score (nSPS) is 14.7.